The van der Waals surface area contributed by atoms with Crippen molar-refractivity contribution in [2.75, 3.05) is 32.1 Å². The largest absolute Gasteiger partial charge is 0.392 e. The molecule has 0 atom stereocenters. The number of rotatable bonds is 20. The van der Waals surface area contributed by atoms with Crippen LogP contribution in [0.15, 0.2) is 122 Å². The normalized spacial score (nSPS) is 13.9. The average molecular weight is 661 g/mol. The number of azo groups is 1. The first kappa shape index (κ1) is 39.6. The van der Waals surface area contributed by atoms with Gasteiger partial charge in [0.25, 0.3) is 0 Å². The molecule has 2 rings (SSSR count). The van der Waals surface area contributed by atoms with Gasteiger partial charge in [-0.05, 0) is 135 Å². The van der Waals surface area contributed by atoms with Crippen LogP contribution in [0.1, 0.15) is 86.0 Å². The Labute approximate surface area is 284 Å². The molecule has 256 valence electrons. The Morgan fingerprint density at radius 1 is 0.638 bits per heavy atom. The van der Waals surface area contributed by atoms with Gasteiger partial charge >= 0.3 is 0 Å². The van der Waals surface area contributed by atoms with Gasteiger partial charge in [-0.3, -0.25) is 0 Å². The molecular weight excluding hydrogens is 605 g/mol. The number of nitrogens with zero attached hydrogens (tertiary/aromatic N) is 3. The monoisotopic (exact) mass is 660 g/mol. The summed E-state index contributed by atoms with van der Waals surface area (Å²) in [6, 6.07) is 14.1. The molecule has 0 radical (unpaired) electrons. The van der Waals surface area contributed by atoms with Crippen LogP contribution in [0.3, 0.4) is 0 Å². The van der Waals surface area contributed by atoms with E-state index in [1.807, 2.05) is 56.3 Å². The van der Waals surface area contributed by atoms with Crippen LogP contribution in [-0.2, 0) is 10.0 Å². The molecule has 0 aliphatic heterocycles. The molecule has 0 heterocycles. The van der Waals surface area contributed by atoms with E-state index in [2.05, 4.69) is 66.9 Å². The molecule has 0 spiro atoms. The maximum Gasteiger partial charge on any atom is 0.240 e. The summed E-state index contributed by atoms with van der Waals surface area (Å²) in [5, 5.41) is 17.4. The van der Waals surface area contributed by atoms with Crippen molar-refractivity contribution in [3.05, 3.63) is 107 Å². The lowest BCUT2D eigenvalue weighted by Gasteiger charge is -2.11. The van der Waals surface area contributed by atoms with Crippen LogP contribution in [0.4, 0.5) is 17.1 Å². The zero-order valence-corrected chi connectivity index (χ0v) is 30.4. The van der Waals surface area contributed by atoms with Crippen LogP contribution in [0.5, 0.6) is 0 Å². The Kier molecular flexibility index (Phi) is 18.0. The van der Waals surface area contributed by atoms with Crippen molar-refractivity contribution in [1.82, 2.24) is 4.72 Å². The van der Waals surface area contributed by atoms with E-state index >= 15 is 0 Å². The highest BCUT2D eigenvalue weighted by molar-refractivity contribution is 7.89. The van der Waals surface area contributed by atoms with Crippen molar-refractivity contribution in [3.8, 4) is 0 Å². The fourth-order valence-electron chi connectivity index (χ4n) is 4.74. The van der Waals surface area contributed by atoms with E-state index in [-0.39, 0.29) is 18.0 Å². The van der Waals surface area contributed by atoms with E-state index in [0.29, 0.717) is 5.69 Å². The third kappa shape index (κ3) is 16.7. The van der Waals surface area contributed by atoms with Gasteiger partial charge in [-0.2, -0.15) is 10.2 Å². The second-order valence-electron chi connectivity index (χ2n) is 12.5. The Balaban J connectivity index is 1.72. The second-order valence-corrected chi connectivity index (χ2v) is 14.3. The number of nitrogens with one attached hydrogen (secondary N) is 1. The standard InChI is InChI=1S/C39H56N4O3S/c1-31(12-8-14-32(2)16-10-18-34(4)28-29-44)13-9-15-33(3)17-11-19-35(5)30-40-47(45,46)39-26-22-37(23-27-39)42-41-36-20-24-38(25-21-36)43(6)7/h12,15-16,19-28,40,44H,8-11,13-14,17-18,29-30H2,1-7H3/b31-12+,32-16+,33-15+,34-28-,35-19+,42-41?. The minimum atomic E-state index is -3.63. The van der Waals surface area contributed by atoms with Crippen molar-refractivity contribution >= 4 is 27.1 Å². The van der Waals surface area contributed by atoms with Crippen LogP contribution in [0, 0.1) is 0 Å². The molecule has 2 aromatic carbocycles. The summed E-state index contributed by atoms with van der Waals surface area (Å²) in [6.45, 7) is 11.0. The van der Waals surface area contributed by atoms with E-state index in [9.17, 15) is 8.42 Å². The van der Waals surface area contributed by atoms with Crippen molar-refractivity contribution in [2.24, 2.45) is 10.2 Å². The molecule has 0 aliphatic carbocycles. The van der Waals surface area contributed by atoms with Gasteiger partial charge in [-0.15, -0.1) is 0 Å². The van der Waals surface area contributed by atoms with Crippen molar-refractivity contribution < 1.29 is 13.5 Å². The quantitative estimate of drug-likeness (QED) is 0.109. The first-order chi connectivity index (χ1) is 22.4. The van der Waals surface area contributed by atoms with Crippen LogP contribution in [-0.4, -0.2) is 40.8 Å². The van der Waals surface area contributed by atoms with Crippen LogP contribution in [0.25, 0.3) is 0 Å². The Morgan fingerprint density at radius 3 is 1.43 bits per heavy atom. The van der Waals surface area contributed by atoms with Gasteiger partial charge in [-0.25, -0.2) is 13.1 Å². The van der Waals surface area contributed by atoms with Gasteiger partial charge < -0.3 is 10.0 Å². The lowest BCUT2D eigenvalue weighted by Crippen LogP contribution is -2.25. The fourth-order valence-corrected chi connectivity index (χ4v) is 5.82. The molecule has 0 bridgehead atoms. The lowest BCUT2D eigenvalue weighted by atomic mass is 10.0. The van der Waals surface area contributed by atoms with Gasteiger partial charge in [0.15, 0.2) is 0 Å². The summed E-state index contributed by atoms with van der Waals surface area (Å²) in [4.78, 5) is 2.21. The average Bonchev–Trinajstić information content (AvgIpc) is 3.03. The first-order valence-corrected chi connectivity index (χ1v) is 18.1. The molecule has 47 heavy (non-hydrogen) atoms. The fraction of sp³-hybridized carbons (Fsp3) is 0.436. The zero-order valence-electron chi connectivity index (χ0n) is 29.6. The Morgan fingerprint density at radius 2 is 1.02 bits per heavy atom. The van der Waals surface area contributed by atoms with E-state index in [4.69, 9.17) is 5.11 Å². The highest BCUT2D eigenvalue weighted by Crippen LogP contribution is 2.23. The van der Waals surface area contributed by atoms with Crippen LogP contribution < -0.4 is 9.62 Å². The summed E-state index contributed by atoms with van der Waals surface area (Å²) in [5.41, 5.74) is 8.83. The minimum absolute atomic E-state index is 0.123. The van der Waals surface area contributed by atoms with E-state index in [1.165, 1.54) is 22.3 Å². The lowest BCUT2D eigenvalue weighted by molar-refractivity contribution is 0.341. The predicted molar refractivity (Wildman–Crippen MR) is 199 cm³/mol. The summed E-state index contributed by atoms with van der Waals surface area (Å²) in [7, 11) is 0.327. The molecule has 0 unspecified atom stereocenters. The number of aliphatic hydroxyl groups excluding tert-OH is 1. The molecule has 0 amide bonds. The third-order valence-corrected chi connectivity index (χ3v) is 9.32. The molecule has 7 nitrogen and oxygen atoms in total. The molecule has 2 N–H and O–H groups in total. The van der Waals surface area contributed by atoms with E-state index in [1.54, 1.807) is 24.3 Å². The van der Waals surface area contributed by atoms with Crippen molar-refractivity contribution in [2.45, 2.75) is 90.9 Å². The minimum Gasteiger partial charge on any atom is -0.392 e. The third-order valence-electron chi connectivity index (χ3n) is 7.90. The topological polar surface area (TPSA) is 94.4 Å². The Hall–Kier alpha value is -3.59. The molecular formula is C39H56N4O3S. The van der Waals surface area contributed by atoms with E-state index < -0.39 is 10.0 Å². The van der Waals surface area contributed by atoms with E-state index in [0.717, 1.165) is 68.3 Å². The summed E-state index contributed by atoms with van der Waals surface area (Å²) in [5.74, 6) is 0. The van der Waals surface area contributed by atoms with Gasteiger partial charge in [0.05, 0.1) is 22.9 Å². The number of aliphatic hydroxyl groups is 1. The molecule has 0 aliphatic rings. The Bertz CT molecular complexity index is 1530. The number of hydrogen-bond acceptors (Lipinski definition) is 6. The summed E-state index contributed by atoms with van der Waals surface area (Å²) >= 11 is 0. The number of allylic oxidation sites excluding steroid dienone is 8. The van der Waals surface area contributed by atoms with Crippen LogP contribution in [0.2, 0.25) is 0 Å². The second kappa shape index (κ2) is 21.3. The number of anilines is 1. The number of sulfonamides is 1. The molecule has 8 heteroatoms. The first-order valence-electron chi connectivity index (χ1n) is 16.6. The molecule has 0 saturated carbocycles. The van der Waals surface area contributed by atoms with Gasteiger partial charge in [0.1, 0.15) is 0 Å². The van der Waals surface area contributed by atoms with Crippen molar-refractivity contribution in [1.29, 1.82) is 0 Å². The van der Waals surface area contributed by atoms with Crippen molar-refractivity contribution in [3.63, 3.8) is 0 Å². The molecule has 0 saturated heterocycles. The smallest absolute Gasteiger partial charge is 0.240 e. The zero-order chi connectivity index (χ0) is 34.7. The summed E-state index contributed by atoms with van der Waals surface area (Å²) in [6.07, 6.45) is 19.1. The number of benzene rings is 2. The predicted octanol–water partition coefficient (Wildman–Crippen LogP) is 10.3. The molecule has 0 aromatic heterocycles. The number of hydrogen-bond donors (Lipinski definition) is 2. The van der Waals surface area contributed by atoms with Crippen LogP contribution >= 0.6 is 0 Å². The SMILES string of the molecule is C/C(=C/CO)CC/C=C(\C)CC/C=C(\C)CC/C=C(\C)CC/C=C(\C)CNS(=O)(=O)c1ccc(N=Nc2ccc(N(C)C)cc2)cc1. The maximum absolute atomic E-state index is 12.8. The maximum atomic E-state index is 12.8. The molecule has 0 fully saturated rings. The highest BCUT2D eigenvalue weighted by atomic mass is 32.2. The summed E-state index contributed by atoms with van der Waals surface area (Å²) < 4.78 is 28.4. The highest BCUT2D eigenvalue weighted by Gasteiger charge is 2.13. The van der Waals surface area contributed by atoms with Gasteiger partial charge in [0, 0.05) is 26.3 Å². The van der Waals surface area contributed by atoms with Gasteiger partial charge in [-0.1, -0.05) is 58.2 Å². The molecule has 2 aromatic rings. The van der Waals surface area contributed by atoms with Gasteiger partial charge in [0.2, 0.25) is 10.0 Å².